The molecule has 0 aromatic heterocycles. The van der Waals surface area contributed by atoms with Crippen molar-refractivity contribution >= 4 is 0 Å². The Morgan fingerprint density at radius 3 is 2.55 bits per heavy atom. The second-order valence-electron chi connectivity index (χ2n) is 6.11. The van der Waals surface area contributed by atoms with E-state index in [1.165, 1.54) is 44.2 Å². The number of hydrogen-bond acceptors (Lipinski definition) is 1. The molecule has 0 heterocycles. The van der Waals surface area contributed by atoms with E-state index in [-0.39, 0.29) is 17.8 Å². The molecule has 1 atom stereocenters. The summed E-state index contributed by atoms with van der Waals surface area (Å²) in [7, 11) is 0. The molecule has 1 aliphatic rings. The topological polar surface area (TPSA) is 26.0 Å². The van der Waals surface area contributed by atoms with Crippen LogP contribution in [-0.4, -0.2) is 0 Å². The maximum atomic E-state index is 13.8. The van der Waals surface area contributed by atoms with Gasteiger partial charge in [-0.25, -0.2) is 8.78 Å². The van der Waals surface area contributed by atoms with Crippen molar-refractivity contribution < 1.29 is 8.78 Å². The van der Waals surface area contributed by atoms with Crippen molar-refractivity contribution in [3.63, 3.8) is 0 Å². The highest BCUT2D eigenvalue weighted by atomic mass is 19.1. The van der Waals surface area contributed by atoms with E-state index in [0.717, 1.165) is 24.8 Å². The van der Waals surface area contributed by atoms with E-state index < -0.39 is 5.82 Å². The van der Waals surface area contributed by atoms with Crippen LogP contribution in [0.2, 0.25) is 0 Å². The normalized spacial score (nSPS) is 24.6. The average Bonchev–Trinajstić information content (AvgIpc) is 2.47. The SMILES string of the molecule is CCCCC1CCC(C(N)c2cc(F)ccc2F)CC1. The van der Waals surface area contributed by atoms with Gasteiger partial charge in [0.2, 0.25) is 0 Å². The van der Waals surface area contributed by atoms with Crippen LogP contribution in [-0.2, 0) is 0 Å². The molecular weight excluding hydrogens is 256 g/mol. The molecule has 0 radical (unpaired) electrons. The summed E-state index contributed by atoms with van der Waals surface area (Å²) in [5, 5.41) is 0. The van der Waals surface area contributed by atoms with Crippen LogP contribution in [0, 0.1) is 23.5 Å². The van der Waals surface area contributed by atoms with Crippen LogP contribution in [0.15, 0.2) is 18.2 Å². The lowest BCUT2D eigenvalue weighted by atomic mass is 9.75. The van der Waals surface area contributed by atoms with Gasteiger partial charge in [0.25, 0.3) is 0 Å². The van der Waals surface area contributed by atoms with E-state index in [1.807, 2.05) is 0 Å². The molecule has 1 unspecified atom stereocenters. The van der Waals surface area contributed by atoms with E-state index in [1.54, 1.807) is 0 Å². The van der Waals surface area contributed by atoms with Crippen LogP contribution in [0.5, 0.6) is 0 Å². The van der Waals surface area contributed by atoms with Crippen LogP contribution in [0.1, 0.15) is 63.5 Å². The number of benzene rings is 1. The molecule has 1 aromatic rings. The Balaban J connectivity index is 1.94. The zero-order valence-electron chi connectivity index (χ0n) is 12.2. The van der Waals surface area contributed by atoms with Gasteiger partial charge >= 0.3 is 0 Å². The summed E-state index contributed by atoms with van der Waals surface area (Å²) in [4.78, 5) is 0. The van der Waals surface area contributed by atoms with E-state index in [9.17, 15) is 8.78 Å². The number of nitrogens with two attached hydrogens (primary N) is 1. The molecule has 1 nitrogen and oxygen atoms in total. The standard InChI is InChI=1S/C17H25F2N/c1-2-3-4-12-5-7-13(8-6-12)17(20)15-11-14(18)9-10-16(15)19/h9-13,17H,2-8,20H2,1H3. The third-order valence-corrected chi connectivity index (χ3v) is 4.68. The number of rotatable bonds is 5. The minimum Gasteiger partial charge on any atom is -0.324 e. The molecule has 1 aromatic carbocycles. The quantitative estimate of drug-likeness (QED) is 0.811. The van der Waals surface area contributed by atoms with Crippen LogP contribution in [0.3, 0.4) is 0 Å². The van der Waals surface area contributed by atoms with Gasteiger partial charge < -0.3 is 5.73 Å². The largest absolute Gasteiger partial charge is 0.324 e. The lowest BCUT2D eigenvalue weighted by Gasteiger charge is -2.32. The summed E-state index contributed by atoms with van der Waals surface area (Å²) in [6, 6.07) is 3.20. The van der Waals surface area contributed by atoms with Crippen molar-refractivity contribution in [3.8, 4) is 0 Å². The second kappa shape index (κ2) is 7.16. The predicted octanol–water partition coefficient (Wildman–Crippen LogP) is 4.96. The fourth-order valence-corrected chi connectivity index (χ4v) is 3.35. The van der Waals surface area contributed by atoms with Gasteiger partial charge in [0.15, 0.2) is 0 Å². The first-order valence-corrected chi connectivity index (χ1v) is 7.82. The molecule has 1 fully saturated rings. The van der Waals surface area contributed by atoms with Gasteiger partial charge in [-0.2, -0.15) is 0 Å². The van der Waals surface area contributed by atoms with Crippen molar-refractivity contribution in [2.24, 2.45) is 17.6 Å². The van der Waals surface area contributed by atoms with Crippen LogP contribution in [0.4, 0.5) is 8.78 Å². The summed E-state index contributed by atoms with van der Waals surface area (Å²) in [5.74, 6) is 0.292. The fourth-order valence-electron chi connectivity index (χ4n) is 3.35. The Kier molecular flexibility index (Phi) is 5.53. The summed E-state index contributed by atoms with van der Waals surface area (Å²) in [5.41, 5.74) is 6.51. The number of hydrogen-bond donors (Lipinski definition) is 1. The highest BCUT2D eigenvalue weighted by Crippen LogP contribution is 2.38. The minimum absolute atomic E-state index is 0.282. The molecule has 1 saturated carbocycles. The van der Waals surface area contributed by atoms with E-state index in [4.69, 9.17) is 5.73 Å². The van der Waals surface area contributed by atoms with Gasteiger partial charge in [-0.05, 0) is 42.9 Å². The first kappa shape index (κ1) is 15.4. The highest BCUT2D eigenvalue weighted by molar-refractivity contribution is 5.22. The van der Waals surface area contributed by atoms with Crippen molar-refractivity contribution in [1.29, 1.82) is 0 Å². The van der Waals surface area contributed by atoms with Gasteiger partial charge in [0.05, 0.1) is 0 Å². The maximum absolute atomic E-state index is 13.8. The Bertz CT molecular complexity index is 425. The smallest absolute Gasteiger partial charge is 0.128 e. The van der Waals surface area contributed by atoms with Crippen LogP contribution >= 0.6 is 0 Å². The van der Waals surface area contributed by atoms with Crippen molar-refractivity contribution in [3.05, 3.63) is 35.4 Å². The Labute approximate surface area is 120 Å². The molecule has 2 N–H and O–H groups in total. The molecule has 0 saturated heterocycles. The highest BCUT2D eigenvalue weighted by Gasteiger charge is 2.27. The minimum atomic E-state index is -0.409. The molecule has 1 aliphatic carbocycles. The summed E-state index contributed by atoms with van der Waals surface area (Å²) in [6.07, 6.45) is 8.25. The molecule has 2 rings (SSSR count). The van der Waals surface area contributed by atoms with Crippen molar-refractivity contribution in [2.45, 2.75) is 57.9 Å². The lowest BCUT2D eigenvalue weighted by molar-refractivity contribution is 0.230. The molecule has 0 amide bonds. The molecule has 112 valence electrons. The molecule has 0 spiro atoms. The maximum Gasteiger partial charge on any atom is 0.128 e. The predicted molar refractivity (Wildman–Crippen MR) is 78.3 cm³/mol. The van der Waals surface area contributed by atoms with Crippen LogP contribution in [0.25, 0.3) is 0 Å². The van der Waals surface area contributed by atoms with E-state index in [2.05, 4.69) is 6.92 Å². The summed E-state index contributed by atoms with van der Waals surface area (Å²) in [6.45, 7) is 2.22. The zero-order chi connectivity index (χ0) is 14.5. The van der Waals surface area contributed by atoms with Gasteiger partial charge in [0, 0.05) is 11.6 Å². The van der Waals surface area contributed by atoms with E-state index in [0.29, 0.717) is 5.56 Å². The van der Waals surface area contributed by atoms with Gasteiger partial charge in [-0.15, -0.1) is 0 Å². The van der Waals surface area contributed by atoms with E-state index >= 15 is 0 Å². The van der Waals surface area contributed by atoms with Gasteiger partial charge in [0.1, 0.15) is 11.6 Å². The lowest BCUT2D eigenvalue weighted by Crippen LogP contribution is -2.27. The van der Waals surface area contributed by atoms with Gasteiger partial charge in [-0.3, -0.25) is 0 Å². The first-order valence-electron chi connectivity index (χ1n) is 7.82. The van der Waals surface area contributed by atoms with Gasteiger partial charge in [-0.1, -0.05) is 39.0 Å². The van der Waals surface area contributed by atoms with Crippen LogP contribution < -0.4 is 5.73 Å². The second-order valence-corrected chi connectivity index (χ2v) is 6.11. The Morgan fingerprint density at radius 1 is 1.20 bits per heavy atom. The number of unbranched alkanes of at least 4 members (excludes halogenated alkanes) is 1. The third-order valence-electron chi connectivity index (χ3n) is 4.68. The monoisotopic (exact) mass is 281 g/mol. The van der Waals surface area contributed by atoms with Crippen molar-refractivity contribution in [1.82, 2.24) is 0 Å². The zero-order valence-corrected chi connectivity index (χ0v) is 12.2. The summed E-state index contributed by atoms with van der Waals surface area (Å²) < 4.78 is 27.0. The first-order chi connectivity index (χ1) is 9.61. The fraction of sp³-hybridized carbons (Fsp3) is 0.647. The molecule has 0 aliphatic heterocycles. The number of halogens is 2. The Hall–Kier alpha value is -0.960. The summed E-state index contributed by atoms with van der Waals surface area (Å²) >= 11 is 0. The third kappa shape index (κ3) is 3.78. The molecule has 3 heteroatoms. The Morgan fingerprint density at radius 2 is 1.90 bits per heavy atom. The van der Waals surface area contributed by atoms with Crippen molar-refractivity contribution in [2.75, 3.05) is 0 Å². The molecular formula is C17H25F2N. The average molecular weight is 281 g/mol. The molecule has 20 heavy (non-hydrogen) atoms. The molecule has 0 bridgehead atoms.